The lowest BCUT2D eigenvalue weighted by molar-refractivity contribution is 0.876. The summed E-state index contributed by atoms with van der Waals surface area (Å²) in [5, 5.41) is 3.21. The zero-order chi connectivity index (χ0) is 13.3. The molecule has 0 aromatic carbocycles. The first kappa shape index (κ1) is 16.0. The van der Waals surface area contributed by atoms with Crippen LogP contribution >= 0.6 is 0 Å². The summed E-state index contributed by atoms with van der Waals surface area (Å²) < 4.78 is 0. The molecule has 0 spiro atoms. The molecular weight excluding hydrogens is 205 g/mol. The molecule has 0 unspecified atom stereocenters. The number of likely N-dealkylation sites (N-methyl/N-ethyl adjacent to an activating group) is 1. The Bertz CT molecular complexity index is 311. The third kappa shape index (κ3) is 6.33. The zero-order valence-corrected chi connectivity index (χ0v) is 11.7. The molecule has 0 aromatic heterocycles. The first-order valence-electron chi connectivity index (χ1n) is 6.18. The van der Waals surface area contributed by atoms with Gasteiger partial charge in [0.15, 0.2) is 0 Å². The maximum atomic E-state index is 3.85. The van der Waals surface area contributed by atoms with Crippen LogP contribution < -0.4 is 5.32 Å². The molecule has 0 bridgehead atoms. The second kappa shape index (κ2) is 9.06. The maximum absolute atomic E-state index is 3.85. The summed E-state index contributed by atoms with van der Waals surface area (Å²) in [6.45, 7) is 15.0. The molecule has 0 aliphatic carbocycles. The highest BCUT2D eigenvalue weighted by Crippen LogP contribution is 2.20. The predicted octanol–water partition coefficient (Wildman–Crippen LogP) is 3.77. The van der Waals surface area contributed by atoms with Gasteiger partial charge in [-0.1, -0.05) is 62.9 Å². The van der Waals surface area contributed by atoms with E-state index in [9.17, 15) is 0 Å². The Kier molecular flexibility index (Phi) is 8.52. The van der Waals surface area contributed by atoms with E-state index in [-0.39, 0.29) is 0 Å². The lowest BCUT2D eigenvalue weighted by atomic mass is 9.61. The second-order valence-electron chi connectivity index (χ2n) is 4.51. The zero-order valence-electron chi connectivity index (χ0n) is 11.7. The molecule has 1 radical (unpaired) electrons. The van der Waals surface area contributed by atoms with Gasteiger partial charge in [-0.2, -0.15) is 0 Å². The Morgan fingerprint density at radius 1 is 1.35 bits per heavy atom. The van der Waals surface area contributed by atoms with Gasteiger partial charge in [-0.25, -0.2) is 0 Å². The van der Waals surface area contributed by atoms with Gasteiger partial charge in [-0.15, -0.1) is 0 Å². The Morgan fingerprint density at radius 3 is 2.41 bits per heavy atom. The summed E-state index contributed by atoms with van der Waals surface area (Å²) in [5.41, 5.74) is 3.87. The molecule has 0 aliphatic rings. The number of allylic oxidation sites excluding steroid dienone is 4. The first-order valence-corrected chi connectivity index (χ1v) is 6.18. The maximum Gasteiger partial charge on any atom is 0.118 e. The van der Waals surface area contributed by atoms with Gasteiger partial charge >= 0.3 is 0 Å². The van der Waals surface area contributed by atoms with E-state index < -0.39 is 0 Å². The Morgan fingerprint density at radius 2 is 2.00 bits per heavy atom. The van der Waals surface area contributed by atoms with E-state index in [0.29, 0.717) is 5.82 Å². The lowest BCUT2D eigenvalue weighted by Gasteiger charge is -2.15. The fourth-order valence-electron chi connectivity index (χ4n) is 1.60. The van der Waals surface area contributed by atoms with Gasteiger partial charge in [0.05, 0.1) is 0 Å². The van der Waals surface area contributed by atoms with Crippen LogP contribution in [0.2, 0.25) is 12.1 Å². The van der Waals surface area contributed by atoms with Gasteiger partial charge < -0.3 is 5.32 Å². The van der Waals surface area contributed by atoms with Gasteiger partial charge in [0.25, 0.3) is 0 Å². The van der Waals surface area contributed by atoms with E-state index in [2.05, 4.69) is 52.6 Å². The average Bonchev–Trinajstić information content (AvgIpc) is 2.30. The van der Waals surface area contributed by atoms with Gasteiger partial charge in [-0.05, 0) is 25.1 Å². The highest BCUT2D eigenvalue weighted by Gasteiger charge is 2.08. The highest BCUT2D eigenvalue weighted by atomic mass is 14.8. The summed E-state index contributed by atoms with van der Waals surface area (Å²) in [6, 6.07) is 0. The molecule has 0 amide bonds. The van der Waals surface area contributed by atoms with Gasteiger partial charge in [0, 0.05) is 6.54 Å². The van der Waals surface area contributed by atoms with Gasteiger partial charge in [0.2, 0.25) is 0 Å². The van der Waals surface area contributed by atoms with Crippen molar-refractivity contribution in [3.63, 3.8) is 0 Å². The number of hydrogen-bond donors (Lipinski definition) is 1. The molecule has 0 aromatic rings. The van der Waals surface area contributed by atoms with Crippen LogP contribution in [0.5, 0.6) is 0 Å². The van der Waals surface area contributed by atoms with E-state index >= 15 is 0 Å². The molecule has 0 saturated heterocycles. The summed E-state index contributed by atoms with van der Waals surface area (Å²) in [5.74, 6) is 0.600. The van der Waals surface area contributed by atoms with E-state index in [1.54, 1.807) is 0 Å². The predicted molar refractivity (Wildman–Crippen MR) is 80.8 cm³/mol. The average molecular weight is 230 g/mol. The molecule has 0 aliphatic heterocycles. The van der Waals surface area contributed by atoms with Crippen LogP contribution in [0.1, 0.15) is 20.8 Å². The topological polar surface area (TPSA) is 12.0 Å². The van der Waals surface area contributed by atoms with E-state index in [1.807, 2.05) is 19.2 Å². The number of hydrogen-bond acceptors (Lipinski definition) is 1. The van der Waals surface area contributed by atoms with Crippen molar-refractivity contribution in [2.45, 2.75) is 32.9 Å². The largest absolute Gasteiger partial charge is 0.316 e. The monoisotopic (exact) mass is 230 g/mol. The molecule has 0 fully saturated rings. The third-order valence-electron chi connectivity index (χ3n) is 2.65. The van der Waals surface area contributed by atoms with Crippen molar-refractivity contribution in [2.75, 3.05) is 13.6 Å². The first-order chi connectivity index (χ1) is 8.06. The fourth-order valence-corrected chi connectivity index (χ4v) is 1.60. The second-order valence-corrected chi connectivity index (χ2v) is 4.51. The molecule has 0 rings (SSSR count). The molecule has 93 valence electrons. The van der Waals surface area contributed by atoms with E-state index in [4.69, 9.17) is 0 Å². The minimum atomic E-state index is 0.600. The smallest absolute Gasteiger partial charge is 0.118 e. The Labute approximate surface area is 108 Å². The van der Waals surface area contributed by atoms with Crippen LogP contribution in [-0.4, -0.2) is 20.9 Å². The standard InChI is InChI=1S/C15H25BN/c1-7-9-14(10-16-12(3)4)15(11-17-6)13(5)8-2/h7-9,12,17H,1-2,10-11H2,3-6H3/b14-9-,15-13-. The van der Waals surface area contributed by atoms with Crippen LogP contribution in [0.25, 0.3) is 0 Å². The minimum Gasteiger partial charge on any atom is -0.316 e. The molecule has 2 heteroatoms. The molecular formula is C15H25BN. The van der Waals surface area contributed by atoms with Crippen molar-refractivity contribution >= 4 is 7.28 Å². The van der Waals surface area contributed by atoms with Crippen molar-refractivity contribution in [1.29, 1.82) is 0 Å². The van der Waals surface area contributed by atoms with Gasteiger partial charge in [-0.3, -0.25) is 0 Å². The number of rotatable bonds is 8. The molecule has 1 nitrogen and oxygen atoms in total. The third-order valence-corrected chi connectivity index (χ3v) is 2.65. The van der Waals surface area contributed by atoms with Crippen LogP contribution in [0.4, 0.5) is 0 Å². The van der Waals surface area contributed by atoms with Crippen LogP contribution in [0, 0.1) is 0 Å². The Balaban J connectivity index is 5.04. The summed E-state index contributed by atoms with van der Waals surface area (Å²) in [7, 11) is 4.29. The lowest BCUT2D eigenvalue weighted by Crippen LogP contribution is -2.14. The molecule has 1 N–H and O–H groups in total. The van der Waals surface area contributed by atoms with E-state index in [0.717, 1.165) is 12.9 Å². The molecule has 0 heterocycles. The number of nitrogens with one attached hydrogen (secondary N) is 1. The van der Waals surface area contributed by atoms with Crippen LogP contribution in [0.3, 0.4) is 0 Å². The normalized spacial score (nSPS) is 13.4. The van der Waals surface area contributed by atoms with Crippen molar-refractivity contribution in [2.24, 2.45) is 0 Å². The molecule has 17 heavy (non-hydrogen) atoms. The summed E-state index contributed by atoms with van der Waals surface area (Å²) in [4.78, 5) is 0. The summed E-state index contributed by atoms with van der Waals surface area (Å²) in [6.07, 6.45) is 6.85. The van der Waals surface area contributed by atoms with Crippen molar-refractivity contribution in [1.82, 2.24) is 5.32 Å². The van der Waals surface area contributed by atoms with Crippen molar-refractivity contribution < 1.29 is 0 Å². The molecule has 0 saturated carbocycles. The quantitative estimate of drug-likeness (QED) is 0.494. The Hall–Kier alpha value is -1.02. The van der Waals surface area contributed by atoms with Crippen molar-refractivity contribution in [3.05, 3.63) is 48.1 Å². The minimum absolute atomic E-state index is 0.600. The van der Waals surface area contributed by atoms with Crippen LogP contribution in [0.15, 0.2) is 48.1 Å². The fraction of sp³-hybridized carbons (Fsp3) is 0.467. The highest BCUT2D eigenvalue weighted by molar-refractivity contribution is 6.38. The van der Waals surface area contributed by atoms with Crippen LogP contribution in [-0.2, 0) is 0 Å². The van der Waals surface area contributed by atoms with E-state index in [1.165, 1.54) is 16.7 Å². The SMILES string of the molecule is C=C/C=C(C[B]C(C)C)\C(CNC)=C(\C)C=C. The van der Waals surface area contributed by atoms with Crippen molar-refractivity contribution in [3.8, 4) is 0 Å². The van der Waals surface area contributed by atoms with Gasteiger partial charge in [0.1, 0.15) is 7.28 Å². The summed E-state index contributed by atoms with van der Waals surface area (Å²) >= 11 is 0. The molecule has 0 atom stereocenters.